The van der Waals surface area contributed by atoms with Crippen LogP contribution in [-0.4, -0.2) is 51.4 Å². The van der Waals surface area contributed by atoms with Crippen LogP contribution in [0.5, 0.6) is 11.6 Å². The maximum absolute atomic E-state index is 14.0. The fourth-order valence-corrected chi connectivity index (χ4v) is 6.18. The molecule has 5 rings (SSSR count). The summed E-state index contributed by atoms with van der Waals surface area (Å²) >= 11 is 0. The Morgan fingerprint density at radius 3 is 2.68 bits per heavy atom. The van der Waals surface area contributed by atoms with Crippen LogP contribution in [0.1, 0.15) is 33.2 Å². The Morgan fingerprint density at radius 1 is 1.15 bits per heavy atom. The number of ether oxygens (including phenoxy) is 2. The van der Waals surface area contributed by atoms with Crippen molar-refractivity contribution in [3.63, 3.8) is 0 Å². The molecule has 13 heteroatoms. The molecule has 12 nitrogen and oxygen atoms in total. The number of carbonyl (C=O) groups excluding carboxylic acids is 1. The number of rotatable bonds is 11. The smallest absolute Gasteiger partial charge is 0.459 e. The third-order valence-corrected chi connectivity index (χ3v) is 8.21. The summed E-state index contributed by atoms with van der Waals surface area (Å²) in [6, 6.07) is 12.1. The second kappa shape index (κ2) is 11.9. The fraction of sp³-hybridized carbons (Fsp3) is 0.357. The van der Waals surface area contributed by atoms with E-state index in [1.165, 1.54) is 7.11 Å². The van der Waals surface area contributed by atoms with E-state index < -0.39 is 19.8 Å². The van der Waals surface area contributed by atoms with Crippen molar-refractivity contribution >= 4 is 41.6 Å². The highest BCUT2D eigenvalue weighted by atomic mass is 31.2. The van der Waals surface area contributed by atoms with Gasteiger partial charge in [0.1, 0.15) is 11.8 Å². The summed E-state index contributed by atoms with van der Waals surface area (Å²) in [6.45, 7) is 5.12. The van der Waals surface area contributed by atoms with Gasteiger partial charge >= 0.3 is 13.7 Å². The summed E-state index contributed by atoms with van der Waals surface area (Å²) in [5, 5.41) is 4.68. The molecule has 0 radical (unpaired) electrons. The number of nitrogens with two attached hydrogens (primary N) is 1. The maximum Gasteiger partial charge on any atom is 0.459 e. The van der Waals surface area contributed by atoms with Crippen molar-refractivity contribution in [3.05, 3.63) is 60.9 Å². The molecule has 2 aromatic heterocycles. The van der Waals surface area contributed by atoms with Crippen molar-refractivity contribution in [3.8, 4) is 11.6 Å². The number of allylic oxidation sites excluding steroid dienone is 1. The topological polar surface area (TPSA) is 153 Å². The van der Waals surface area contributed by atoms with E-state index in [1.54, 1.807) is 39.2 Å². The molecule has 4 atom stereocenters. The number of hydrogen-bond acceptors (Lipinski definition) is 10. The Morgan fingerprint density at radius 2 is 1.93 bits per heavy atom. The lowest BCUT2D eigenvalue weighted by atomic mass is 10.1. The SMILES string of the molecule is COc1nc(N)nc2c1ncn2[C@H]1C=C[C@@H](COP(=O)(N[C@@H](C)C(=O)OC(C)C)Oc2ccc3ccccc3c2)C1. The van der Waals surface area contributed by atoms with Gasteiger partial charge in [-0.15, -0.1) is 0 Å². The summed E-state index contributed by atoms with van der Waals surface area (Å²) in [6.07, 6.45) is 5.95. The molecule has 3 N–H and O–H groups in total. The van der Waals surface area contributed by atoms with Gasteiger partial charge in [0, 0.05) is 5.92 Å². The average molecular weight is 581 g/mol. The number of nitrogens with zero attached hydrogens (tertiary/aromatic N) is 4. The Labute approximate surface area is 237 Å². The van der Waals surface area contributed by atoms with E-state index in [0.717, 1.165) is 10.8 Å². The lowest BCUT2D eigenvalue weighted by Crippen LogP contribution is -2.36. The lowest BCUT2D eigenvalue weighted by molar-refractivity contribution is -0.149. The first-order chi connectivity index (χ1) is 19.6. The number of carbonyl (C=O) groups is 1. The molecule has 216 valence electrons. The van der Waals surface area contributed by atoms with E-state index in [9.17, 15) is 9.36 Å². The van der Waals surface area contributed by atoms with Gasteiger partial charge in [-0.2, -0.15) is 15.1 Å². The minimum Gasteiger partial charge on any atom is -0.479 e. The van der Waals surface area contributed by atoms with Gasteiger partial charge in [-0.25, -0.2) is 9.55 Å². The van der Waals surface area contributed by atoms with Gasteiger partial charge in [-0.05, 0) is 50.1 Å². The largest absolute Gasteiger partial charge is 0.479 e. The molecular formula is C28H33N6O6P. The Balaban J connectivity index is 1.31. The normalized spacial score (nSPS) is 19.0. The number of benzene rings is 2. The van der Waals surface area contributed by atoms with Gasteiger partial charge in [0.25, 0.3) is 0 Å². The minimum atomic E-state index is -4.02. The second-order valence-corrected chi connectivity index (χ2v) is 11.8. The fourth-order valence-electron chi connectivity index (χ4n) is 4.65. The van der Waals surface area contributed by atoms with Gasteiger partial charge in [0.15, 0.2) is 11.2 Å². The zero-order valence-corrected chi connectivity index (χ0v) is 24.2. The highest BCUT2D eigenvalue weighted by Gasteiger charge is 2.34. The highest BCUT2D eigenvalue weighted by Crippen LogP contribution is 2.47. The van der Waals surface area contributed by atoms with Crippen LogP contribution in [0.15, 0.2) is 60.9 Å². The summed E-state index contributed by atoms with van der Waals surface area (Å²) < 4.78 is 38.3. The van der Waals surface area contributed by atoms with E-state index >= 15 is 0 Å². The number of nitrogens with one attached hydrogen (secondary N) is 1. The summed E-state index contributed by atoms with van der Waals surface area (Å²) in [4.78, 5) is 25.3. The molecule has 1 aliphatic carbocycles. The maximum atomic E-state index is 14.0. The molecule has 0 amide bonds. The lowest BCUT2D eigenvalue weighted by Gasteiger charge is -2.24. The number of methoxy groups -OCH3 is 1. The Bertz CT molecular complexity index is 1640. The van der Waals surface area contributed by atoms with Crippen LogP contribution >= 0.6 is 7.75 Å². The Hall–Kier alpha value is -3.99. The third-order valence-electron chi connectivity index (χ3n) is 6.57. The van der Waals surface area contributed by atoms with Crippen molar-refractivity contribution in [1.82, 2.24) is 24.6 Å². The molecule has 1 unspecified atom stereocenters. The van der Waals surface area contributed by atoms with Crippen LogP contribution < -0.4 is 20.1 Å². The van der Waals surface area contributed by atoms with E-state index in [0.29, 0.717) is 29.2 Å². The van der Waals surface area contributed by atoms with E-state index in [-0.39, 0.29) is 30.6 Å². The van der Waals surface area contributed by atoms with Crippen LogP contribution in [-0.2, 0) is 18.6 Å². The molecule has 1 aliphatic rings. The van der Waals surface area contributed by atoms with E-state index in [2.05, 4.69) is 20.0 Å². The first-order valence-corrected chi connectivity index (χ1v) is 14.8. The third kappa shape index (κ3) is 6.51. The number of anilines is 1. The van der Waals surface area contributed by atoms with Crippen LogP contribution in [0.25, 0.3) is 21.9 Å². The van der Waals surface area contributed by atoms with Crippen molar-refractivity contribution < 1.29 is 27.9 Å². The zero-order valence-electron chi connectivity index (χ0n) is 23.3. The highest BCUT2D eigenvalue weighted by molar-refractivity contribution is 7.52. The van der Waals surface area contributed by atoms with Gasteiger partial charge in [-0.1, -0.05) is 42.5 Å². The summed E-state index contributed by atoms with van der Waals surface area (Å²) in [7, 11) is -2.52. The number of nitrogen functional groups attached to an aromatic ring is 1. The molecule has 0 bridgehead atoms. The van der Waals surface area contributed by atoms with Gasteiger partial charge in [0.05, 0.1) is 32.2 Å². The monoisotopic (exact) mass is 580 g/mol. The molecule has 0 aliphatic heterocycles. The Kier molecular flexibility index (Phi) is 8.25. The van der Waals surface area contributed by atoms with Gasteiger partial charge in [-0.3, -0.25) is 9.32 Å². The second-order valence-electron chi connectivity index (χ2n) is 10.1. The van der Waals surface area contributed by atoms with Gasteiger partial charge < -0.3 is 24.3 Å². The average Bonchev–Trinajstić information content (AvgIpc) is 3.58. The molecule has 4 aromatic rings. The van der Waals surface area contributed by atoms with Crippen LogP contribution in [0.2, 0.25) is 0 Å². The van der Waals surface area contributed by atoms with E-state index in [1.807, 2.05) is 47.1 Å². The number of fused-ring (bicyclic) bond motifs is 2. The molecule has 0 saturated heterocycles. The summed E-state index contributed by atoms with van der Waals surface area (Å²) in [5.41, 5.74) is 6.92. The molecule has 2 aromatic carbocycles. The molecule has 0 saturated carbocycles. The van der Waals surface area contributed by atoms with Crippen molar-refractivity contribution in [1.29, 1.82) is 0 Å². The van der Waals surface area contributed by atoms with Crippen LogP contribution in [0.4, 0.5) is 5.95 Å². The predicted molar refractivity (Wildman–Crippen MR) is 155 cm³/mol. The van der Waals surface area contributed by atoms with Crippen molar-refractivity contribution in [2.75, 3.05) is 19.5 Å². The standard InChI is InChI=1S/C28H33N6O6P/c1-17(2)39-27(35)18(3)33-41(36,40-23-12-10-20-7-5-6-8-21(20)14-23)38-15-19-9-11-22(13-19)34-16-30-24-25(34)31-28(29)32-26(24)37-4/h5-12,14,16-19,22H,13,15H2,1-4H3,(H,33,36)(H2,29,31,32)/t18-,19+,22-,41?/m0/s1. The molecular weight excluding hydrogens is 547 g/mol. The summed E-state index contributed by atoms with van der Waals surface area (Å²) in [5.74, 6) is 0.0686. The van der Waals surface area contributed by atoms with Crippen LogP contribution in [0.3, 0.4) is 0 Å². The first-order valence-electron chi connectivity index (χ1n) is 13.3. The minimum absolute atomic E-state index is 0.0733. The molecule has 41 heavy (non-hydrogen) atoms. The number of hydrogen-bond donors (Lipinski definition) is 2. The molecule has 0 spiro atoms. The van der Waals surface area contributed by atoms with Crippen LogP contribution in [0, 0.1) is 5.92 Å². The van der Waals surface area contributed by atoms with E-state index in [4.69, 9.17) is 24.3 Å². The molecule has 0 fully saturated rings. The van der Waals surface area contributed by atoms with Gasteiger partial charge in [0.2, 0.25) is 11.8 Å². The van der Waals surface area contributed by atoms with Crippen molar-refractivity contribution in [2.45, 2.75) is 45.4 Å². The molecule has 2 heterocycles. The van der Waals surface area contributed by atoms with Crippen molar-refractivity contribution in [2.24, 2.45) is 5.92 Å². The predicted octanol–water partition coefficient (Wildman–Crippen LogP) is 4.82. The quantitative estimate of drug-likeness (QED) is 0.143. The zero-order chi connectivity index (χ0) is 29.1. The number of esters is 1. The number of aromatic nitrogens is 4. The number of imidazole rings is 1. The first kappa shape index (κ1) is 28.5.